The van der Waals surface area contributed by atoms with Gasteiger partial charge in [0.05, 0.1) is 25.3 Å². The molecule has 3 heterocycles. The highest BCUT2D eigenvalue weighted by Crippen LogP contribution is 2.33. The van der Waals surface area contributed by atoms with Gasteiger partial charge >= 0.3 is 0 Å². The minimum Gasteiger partial charge on any atom is -0.502 e. The second-order valence-electron chi connectivity index (χ2n) is 7.03. The van der Waals surface area contributed by atoms with Crippen molar-refractivity contribution in [3.8, 4) is 5.75 Å². The first kappa shape index (κ1) is 19.2. The van der Waals surface area contributed by atoms with Crippen LogP contribution in [0.5, 0.6) is 5.75 Å². The minimum atomic E-state index is -0.597. The smallest absolute Gasteiger partial charge is 0.227 e. The van der Waals surface area contributed by atoms with Crippen LogP contribution in [0.3, 0.4) is 0 Å². The van der Waals surface area contributed by atoms with Crippen molar-refractivity contribution >= 4 is 5.91 Å². The van der Waals surface area contributed by atoms with Gasteiger partial charge in [-0.05, 0) is 20.8 Å². The summed E-state index contributed by atoms with van der Waals surface area (Å²) in [5.74, 6) is -0.653. The molecule has 146 valence electrons. The van der Waals surface area contributed by atoms with Crippen molar-refractivity contribution in [2.45, 2.75) is 39.2 Å². The monoisotopic (exact) mass is 375 g/mol. The average molecular weight is 375 g/mol. The SMILES string of the molecule is Cc1cc(=O)c(O)c([C@@H](CC(=O)N2CCOCC2)c2cnn(C(C)C)c2)o1. The second-order valence-corrected chi connectivity index (χ2v) is 7.03. The van der Waals surface area contributed by atoms with E-state index in [9.17, 15) is 14.7 Å². The van der Waals surface area contributed by atoms with Crippen LogP contribution in [0.15, 0.2) is 27.7 Å². The summed E-state index contributed by atoms with van der Waals surface area (Å²) in [6, 6.07) is 1.38. The molecular formula is C19H25N3O5. The van der Waals surface area contributed by atoms with Crippen molar-refractivity contribution in [2.75, 3.05) is 26.3 Å². The van der Waals surface area contributed by atoms with Crippen molar-refractivity contribution in [2.24, 2.45) is 0 Å². The average Bonchev–Trinajstić information content (AvgIpc) is 3.13. The molecule has 0 aliphatic carbocycles. The third-order valence-electron chi connectivity index (χ3n) is 4.68. The van der Waals surface area contributed by atoms with E-state index in [0.29, 0.717) is 37.6 Å². The van der Waals surface area contributed by atoms with Crippen LogP contribution >= 0.6 is 0 Å². The summed E-state index contributed by atoms with van der Waals surface area (Å²) in [6.45, 7) is 7.70. The Hall–Kier alpha value is -2.61. The molecule has 8 heteroatoms. The maximum Gasteiger partial charge on any atom is 0.227 e. The summed E-state index contributed by atoms with van der Waals surface area (Å²) < 4.78 is 12.7. The first-order chi connectivity index (χ1) is 12.9. The number of morpholine rings is 1. The highest BCUT2D eigenvalue weighted by atomic mass is 16.5. The zero-order valence-electron chi connectivity index (χ0n) is 15.8. The summed E-state index contributed by atoms with van der Waals surface area (Å²) >= 11 is 0. The lowest BCUT2D eigenvalue weighted by Crippen LogP contribution is -2.41. The van der Waals surface area contributed by atoms with E-state index < -0.39 is 17.1 Å². The highest BCUT2D eigenvalue weighted by molar-refractivity contribution is 5.77. The molecule has 2 aromatic rings. The topological polar surface area (TPSA) is 97.8 Å². The Kier molecular flexibility index (Phi) is 5.65. The maximum atomic E-state index is 12.8. The number of aromatic hydroxyl groups is 1. The summed E-state index contributed by atoms with van der Waals surface area (Å²) in [6.07, 6.45) is 3.55. The van der Waals surface area contributed by atoms with Crippen LogP contribution in [0.25, 0.3) is 0 Å². The molecule has 8 nitrogen and oxygen atoms in total. The van der Waals surface area contributed by atoms with Crippen molar-refractivity contribution < 1.29 is 19.1 Å². The molecule has 27 heavy (non-hydrogen) atoms. The Morgan fingerprint density at radius 2 is 2.04 bits per heavy atom. The number of amides is 1. The Bertz CT molecular complexity index is 864. The third kappa shape index (κ3) is 4.21. The fourth-order valence-corrected chi connectivity index (χ4v) is 3.16. The van der Waals surface area contributed by atoms with Crippen LogP contribution in [-0.4, -0.2) is 52.0 Å². The van der Waals surface area contributed by atoms with Gasteiger partial charge < -0.3 is 19.2 Å². The van der Waals surface area contributed by atoms with E-state index in [1.165, 1.54) is 6.07 Å². The molecule has 0 radical (unpaired) electrons. The van der Waals surface area contributed by atoms with Crippen molar-refractivity contribution in [1.29, 1.82) is 0 Å². The summed E-state index contributed by atoms with van der Waals surface area (Å²) in [5, 5.41) is 14.6. The molecule has 3 rings (SSSR count). The summed E-state index contributed by atoms with van der Waals surface area (Å²) in [4.78, 5) is 26.6. The molecular weight excluding hydrogens is 350 g/mol. The number of rotatable bonds is 5. The largest absolute Gasteiger partial charge is 0.502 e. The van der Waals surface area contributed by atoms with E-state index in [4.69, 9.17) is 9.15 Å². The van der Waals surface area contributed by atoms with Gasteiger partial charge in [-0.25, -0.2) is 0 Å². The van der Waals surface area contributed by atoms with E-state index in [1.54, 1.807) is 22.7 Å². The Balaban J connectivity index is 1.98. The summed E-state index contributed by atoms with van der Waals surface area (Å²) in [7, 11) is 0. The van der Waals surface area contributed by atoms with Crippen LogP contribution in [-0.2, 0) is 9.53 Å². The molecule has 1 saturated heterocycles. The standard InChI is InChI=1S/C19H25N3O5/c1-12(2)22-11-14(10-20-22)15(9-17(24)21-4-6-26-7-5-21)19-18(25)16(23)8-13(3)27-19/h8,10-12,15,25H,4-7,9H2,1-3H3/t15-/m0/s1. The van der Waals surface area contributed by atoms with Gasteiger partial charge in [0.2, 0.25) is 17.1 Å². The van der Waals surface area contributed by atoms with Gasteiger partial charge in [0.15, 0.2) is 5.76 Å². The quantitative estimate of drug-likeness (QED) is 0.856. The van der Waals surface area contributed by atoms with Gasteiger partial charge in [0, 0.05) is 43.4 Å². The molecule has 0 spiro atoms. The van der Waals surface area contributed by atoms with E-state index >= 15 is 0 Å². The minimum absolute atomic E-state index is 0.0732. The number of hydrogen-bond acceptors (Lipinski definition) is 6. The van der Waals surface area contributed by atoms with Gasteiger partial charge in [-0.1, -0.05) is 0 Å². The number of nitrogens with zero attached hydrogens (tertiary/aromatic N) is 3. The molecule has 0 saturated carbocycles. The third-order valence-corrected chi connectivity index (χ3v) is 4.68. The zero-order valence-corrected chi connectivity index (χ0v) is 15.8. The number of ether oxygens (including phenoxy) is 1. The molecule has 2 aromatic heterocycles. The lowest BCUT2D eigenvalue weighted by atomic mass is 9.94. The van der Waals surface area contributed by atoms with Gasteiger partial charge in [0.1, 0.15) is 5.76 Å². The van der Waals surface area contributed by atoms with E-state index in [2.05, 4.69) is 5.10 Å². The van der Waals surface area contributed by atoms with Gasteiger partial charge in [0.25, 0.3) is 0 Å². The number of carbonyl (C=O) groups is 1. The van der Waals surface area contributed by atoms with Crippen LogP contribution < -0.4 is 5.43 Å². The lowest BCUT2D eigenvalue weighted by Gasteiger charge is -2.28. The molecule has 1 N–H and O–H groups in total. The number of aryl methyl sites for hydroxylation is 1. The van der Waals surface area contributed by atoms with Crippen LogP contribution in [0, 0.1) is 6.92 Å². The predicted molar refractivity (Wildman–Crippen MR) is 97.9 cm³/mol. The first-order valence-corrected chi connectivity index (χ1v) is 9.10. The second kappa shape index (κ2) is 7.96. The molecule has 0 unspecified atom stereocenters. The number of hydrogen-bond donors (Lipinski definition) is 1. The molecule has 1 aliphatic heterocycles. The zero-order chi connectivity index (χ0) is 19.6. The first-order valence-electron chi connectivity index (χ1n) is 9.10. The molecule has 0 aromatic carbocycles. The van der Waals surface area contributed by atoms with Gasteiger partial charge in [-0.15, -0.1) is 0 Å². The Morgan fingerprint density at radius 3 is 2.67 bits per heavy atom. The Morgan fingerprint density at radius 1 is 1.33 bits per heavy atom. The van der Waals surface area contributed by atoms with Crippen molar-refractivity contribution in [3.05, 3.63) is 45.8 Å². The number of aromatic nitrogens is 2. The summed E-state index contributed by atoms with van der Waals surface area (Å²) in [5.41, 5.74) is 0.197. The lowest BCUT2D eigenvalue weighted by molar-refractivity contribution is -0.135. The molecule has 1 atom stereocenters. The normalized spacial score (nSPS) is 15.9. The van der Waals surface area contributed by atoms with Crippen LogP contribution in [0.1, 0.15) is 49.3 Å². The van der Waals surface area contributed by atoms with Crippen LogP contribution in [0.2, 0.25) is 0 Å². The van der Waals surface area contributed by atoms with Gasteiger partial charge in [-0.2, -0.15) is 5.10 Å². The van der Waals surface area contributed by atoms with Crippen LogP contribution in [0.4, 0.5) is 0 Å². The van der Waals surface area contributed by atoms with E-state index in [0.717, 1.165) is 0 Å². The number of carbonyl (C=O) groups excluding carboxylic acids is 1. The Labute approximate surface area is 157 Å². The molecule has 1 amide bonds. The maximum absolute atomic E-state index is 12.8. The fourth-order valence-electron chi connectivity index (χ4n) is 3.16. The van der Waals surface area contributed by atoms with E-state index in [-0.39, 0.29) is 24.1 Å². The fraction of sp³-hybridized carbons (Fsp3) is 0.526. The highest BCUT2D eigenvalue weighted by Gasteiger charge is 2.29. The van der Waals surface area contributed by atoms with Gasteiger partial charge in [-0.3, -0.25) is 14.3 Å². The molecule has 1 aliphatic rings. The predicted octanol–water partition coefficient (Wildman–Crippen LogP) is 1.81. The van der Waals surface area contributed by atoms with Crippen molar-refractivity contribution in [3.63, 3.8) is 0 Å². The molecule has 1 fully saturated rings. The molecule has 0 bridgehead atoms. The van der Waals surface area contributed by atoms with Crippen molar-refractivity contribution in [1.82, 2.24) is 14.7 Å². The van der Waals surface area contributed by atoms with E-state index in [1.807, 2.05) is 20.0 Å².